The number of aryl methyl sites for hydroxylation is 4. The van der Waals surface area contributed by atoms with Crippen molar-refractivity contribution in [2.45, 2.75) is 47.6 Å². The molecule has 0 spiro atoms. The molecule has 5 nitrogen and oxygen atoms in total. The van der Waals surface area contributed by atoms with Crippen molar-refractivity contribution >= 4 is 12.6 Å². The van der Waals surface area contributed by atoms with Crippen LogP contribution in [0.15, 0.2) is 24.3 Å². The minimum Gasteiger partial charge on any atom is -0.870 e. The van der Waals surface area contributed by atoms with Gasteiger partial charge in [-0.1, -0.05) is 0 Å². The second-order valence-electron chi connectivity index (χ2n) is 6.39. The van der Waals surface area contributed by atoms with E-state index in [0.29, 0.717) is 11.1 Å². The third kappa shape index (κ3) is 8.68. The minimum atomic E-state index is 0. The van der Waals surface area contributed by atoms with Crippen molar-refractivity contribution in [1.82, 2.24) is 0 Å². The van der Waals surface area contributed by atoms with E-state index in [1.165, 1.54) is 0 Å². The summed E-state index contributed by atoms with van der Waals surface area (Å²) in [4.78, 5) is 20.9. The third-order valence-electron chi connectivity index (χ3n) is 3.62. The summed E-state index contributed by atoms with van der Waals surface area (Å²) < 4.78 is 5.66. The average Bonchev–Trinajstić information content (AvgIpc) is 2.55. The average molecular weight is 399 g/mol. The fourth-order valence-corrected chi connectivity index (χ4v) is 2.53. The monoisotopic (exact) mass is 398 g/mol. The molecule has 0 bridgehead atoms. The van der Waals surface area contributed by atoms with Gasteiger partial charge in [-0.25, -0.2) is 0 Å². The minimum absolute atomic E-state index is 0. The van der Waals surface area contributed by atoms with Crippen molar-refractivity contribution in [2.75, 3.05) is 0 Å². The SMILES string of the molecule is Cc1cc(C=O)cc(C)c1O.Cc1cc(C=O)cc(C)c1OC(C)C.[K+].[OH-]. The van der Waals surface area contributed by atoms with Gasteiger partial charge < -0.3 is 15.3 Å². The summed E-state index contributed by atoms with van der Waals surface area (Å²) in [5.41, 5.74) is 4.83. The second-order valence-corrected chi connectivity index (χ2v) is 6.39. The van der Waals surface area contributed by atoms with Crippen molar-refractivity contribution in [1.29, 1.82) is 0 Å². The molecule has 6 heteroatoms. The van der Waals surface area contributed by atoms with E-state index in [-0.39, 0.29) is 68.7 Å². The summed E-state index contributed by atoms with van der Waals surface area (Å²) in [5.74, 6) is 1.17. The van der Waals surface area contributed by atoms with Gasteiger partial charge in [0.15, 0.2) is 0 Å². The first-order chi connectivity index (χ1) is 11.7. The maximum atomic E-state index is 10.6. The second kappa shape index (κ2) is 13.2. The van der Waals surface area contributed by atoms with Gasteiger partial charge in [-0.15, -0.1) is 0 Å². The van der Waals surface area contributed by atoms with Gasteiger partial charge in [0.05, 0.1) is 6.10 Å². The Balaban J connectivity index is 0. The summed E-state index contributed by atoms with van der Waals surface area (Å²) in [7, 11) is 0. The van der Waals surface area contributed by atoms with Crippen LogP contribution in [0.1, 0.15) is 56.8 Å². The Morgan fingerprint density at radius 2 is 1.15 bits per heavy atom. The van der Waals surface area contributed by atoms with Gasteiger partial charge in [0, 0.05) is 11.1 Å². The molecule has 142 valence electrons. The quantitative estimate of drug-likeness (QED) is 0.623. The summed E-state index contributed by atoms with van der Waals surface area (Å²) in [6, 6.07) is 7.01. The van der Waals surface area contributed by atoms with Gasteiger partial charge in [0.1, 0.15) is 24.1 Å². The van der Waals surface area contributed by atoms with E-state index in [1.807, 2.05) is 39.8 Å². The van der Waals surface area contributed by atoms with Crippen LogP contribution in [0, 0.1) is 27.7 Å². The normalized spacial score (nSPS) is 9.30. The van der Waals surface area contributed by atoms with Crippen molar-refractivity contribution in [3.8, 4) is 11.5 Å². The zero-order chi connectivity index (χ0) is 19.1. The number of carbonyl (C=O) groups is 2. The Labute approximate surface area is 203 Å². The number of aromatic hydroxyl groups is 1. The summed E-state index contributed by atoms with van der Waals surface area (Å²) in [5, 5.41) is 9.31. The number of hydrogen-bond acceptors (Lipinski definition) is 5. The number of hydrogen-bond donors (Lipinski definition) is 1. The van der Waals surface area contributed by atoms with Gasteiger partial charge in [-0.3, -0.25) is 9.59 Å². The molecular weight excluding hydrogens is 371 g/mol. The Morgan fingerprint density at radius 1 is 0.815 bits per heavy atom. The zero-order valence-electron chi connectivity index (χ0n) is 17.2. The van der Waals surface area contributed by atoms with E-state index >= 15 is 0 Å². The van der Waals surface area contributed by atoms with Gasteiger partial charge in [-0.05, 0) is 88.1 Å². The van der Waals surface area contributed by atoms with E-state index in [0.717, 1.165) is 40.6 Å². The first-order valence-corrected chi connectivity index (χ1v) is 8.18. The predicted molar refractivity (Wildman–Crippen MR) is 102 cm³/mol. The number of phenols is 1. The molecule has 0 fully saturated rings. The molecule has 2 N–H and O–H groups in total. The molecule has 2 aromatic carbocycles. The van der Waals surface area contributed by atoms with Gasteiger partial charge in [0.25, 0.3) is 0 Å². The maximum absolute atomic E-state index is 10.6. The number of aldehydes is 2. The molecule has 0 saturated heterocycles. The maximum Gasteiger partial charge on any atom is 1.00 e. The molecule has 0 aliphatic heterocycles. The van der Waals surface area contributed by atoms with Crippen LogP contribution in [-0.4, -0.2) is 29.3 Å². The van der Waals surface area contributed by atoms with Crippen LogP contribution in [0.5, 0.6) is 11.5 Å². The molecule has 2 aromatic rings. The first kappa shape index (κ1) is 28.2. The largest absolute Gasteiger partial charge is 1.00 e. The Morgan fingerprint density at radius 3 is 1.44 bits per heavy atom. The molecule has 0 heterocycles. The van der Waals surface area contributed by atoms with Crippen molar-refractivity contribution < 1.29 is 76.3 Å². The van der Waals surface area contributed by atoms with Gasteiger partial charge >= 0.3 is 51.4 Å². The van der Waals surface area contributed by atoms with Crippen LogP contribution < -0.4 is 56.1 Å². The van der Waals surface area contributed by atoms with E-state index < -0.39 is 0 Å². The molecule has 0 radical (unpaired) electrons. The first-order valence-electron chi connectivity index (χ1n) is 8.18. The van der Waals surface area contributed by atoms with Crippen LogP contribution >= 0.6 is 0 Å². The molecule has 0 unspecified atom stereocenters. The van der Waals surface area contributed by atoms with Crippen LogP contribution in [0.3, 0.4) is 0 Å². The van der Waals surface area contributed by atoms with E-state index in [9.17, 15) is 14.7 Å². The molecule has 0 saturated carbocycles. The Bertz CT molecular complexity index is 723. The van der Waals surface area contributed by atoms with E-state index in [4.69, 9.17) is 4.74 Å². The zero-order valence-corrected chi connectivity index (χ0v) is 20.3. The molecule has 0 aliphatic rings. The van der Waals surface area contributed by atoms with Gasteiger partial charge in [-0.2, -0.15) is 0 Å². The van der Waals surface area contributed by atoms with E-state index in [2.05, 4.69) is 0 Å². The molecular formula is C21H27KO5. The van der Waals surface area contributed by atoms with Crippen LogP contribution in [-0.2, 0) is 0 Å². The molecule has 27 heavy (non-hydrogen) atoms. The fourth-order valence-electron chi connectivity index (χ4n) is 2.53. The summed E-state index contributed by atoms with van der Waals surface area (Å²) >= 11 is 0. The topological polar surface area (TPSA) is 93.6 Å². The summed E-state index contributed by atoms with van der Waals surface area (Å²) in [6.45, 7) is 11.4. The van der Waals surface area contributed by atoms with Crippen LogP contribution in [0.4, 0.5) is 0 Å². The Kier molecular flexibility index (Phi) is 13.8. The summed E-state index contributed by atoms with van der Waals surface area (Å²) in [6.07, 6.45) is 1.80. The van der Waals surface area contributed by atoms with Gasteiger partial charge in [0.2, 0.25) is 0 Å². The van der Waals surface area contributed by atoms with Crippen molar-refractivity contribution in [2.24, 2.45) is 0 Å². The molecule has 0 atom stereocenters. The predicted octanol–water partition coefficient (Wildman–Crippen LogP) is 1.55. The van der Waals surface area contributed by atoms with Crippen molar-refractivity contribution in [3.63, 3.8) is 0 Å². The number of carbonyl (C=O) groups excluding carboxylic acids is 2. The fraction of sp³-hybridized carbons (Fsp3) is 0.333. The standard InChI is InChI=1S/C12H16O2.C9H10O2.K.H2O/c1-8(2)14-12-9(3)5-11(7-13)6-10(12)4;1-6-3-8(5-10)4-7(2)9(6)11;;/h5-8H,1-4H3;3-5,11H,1-2H3;;1H2/q;;+1;/p-1. The number of ether oxygens (including phenoxy) is 1. The van der Waals surface area contributed by atoms with Crippen LogP contribution in [0.25, 0.3) is 0 Å². The Hall–Kier alpha value is -1.02. The molecule has 0 amide bonds. The number of phenolic OH excluding ortho intramolecular Hbond substituents is 1. The number of rotatable bonds is 4. The van der Waals surface area contributed by atoms with Crippen LogP contribution in [0.2, 0.25) is 0 Å². The smallest absolute Gasteiger partial charge is 0.870 e. The molecule has 2 rings (SSSR count). The molecule has 0 aliphatic carbocycles. The van der Waals surface area contributed by atoms with E-state index in [1.54, 1.807) is 26.0 Å². The van der Waals surface area contributed by atoms with Crippen molar-refractivity contribution in [3.05, 3.63) is 57.6 Å². The third-order valence-corrected chi connectivity index (χ3v) is 3.62. The molecule has 0 aromatic heterocycles. The number of benzene rings is 2.